The van der Waals surface area contributed by atoms with E-state index in [-0.39, 0.29) is 12.7 Å². The van der Waals surface area contributed by atoms with Gasteiger partial charge in [0.05, 0.1) is 19.9 Å². The molecule has 3 aromatic rings. The van der Waals surface area contributed by atoms with Crippen LogP contribution in [0.3, 0.4) is 0 Å². The largest absolute Gasteiger partial charge is 0.493 e. The predicted molar refractivity (Wildman–Crippen MR) is 120 cm³/mol. The predicted octanol–water partition coefficient (Wildman–Crippen LogP) is 3.70. The Kier molecular flexibility index (Phi) is 5.59. The lowest BCUT2D eigenvalue weighted by molar-refractivity contribution is 0.102. The van der Waals surface area contributed by atoms with Gasteiger partial charge in [-0.05, 0) is 47.9 Å². The normalized spacial score (nSPS) is 14.7. The van der Waals surface area contributed by atoms with Gasteiger partial charge in [-0.15, -0.1) is 11.3 Å². The van der Waals surface area contributed by atoms with E-state index in [4.69, 9.17) is 18.9 Å². The van der Waals surface area contributed by atoms with Gasteiger partial charge in [-0.2, -0.15) is 0 Å². The van der Waals surface area contributed by atoms with E-state index < -0.39 is 0 Å². The Labute approximate surface area is 189 Å². The highest BCUT2D eigenvalue weighted by Gasteiger charge is 2.21. The van der Waals surface area contributed by atoms with E-state index in [2.05, 4.69) is 27.3 Å². The van der Waals surface area contributed by atoms with Crippen LogP contribution in [0.15, 0.2) is 35.7 Å². The highest BCUT2D eigenvalue weighted by atomic mass is 32.1. The van der Waals surface area contributed by atoms with E-state index in [0.717, 1.165) is 36.7 Å². The molecule has 1 amide bonds. The monoisotopic (exact) mass is 453 g/mol. The van der Waals surface area contributed by atoms with Crippen molar-refractivity contribution >= 4 is 22.4 Å². The first-order valence-electron chi connectivity index (χ1n) is 10.2. The van der Waals surface area contributed by atoms with Crippen LogP contribution in [0.25, 0.3) is 0 Å². The zero-order valence-electron chi connectivity index (χ0n) is 17.8. The second-order valence-corrected chi connectivity index (χ2v) is 8.46. The van der Waals surface area contributed by atoms with Crippen LogP contribution in [-0.2, 0) is 19.5 Å². The van der Waals surface area contributed by atoms with Gasteiger partial charge < -0.3 is 18.9 Å². The number of ether oxygens (including phenoxy) is 4. The average molecular weight is 454 g/mol. The minimum absolute atomic E-state index is 0.178. The van der Waals surface area contributed by atoms with E-state index >= 15 is 0 Å². The first kappa shape index (κ1) is 20.6. The molecule has 0 saturated carbocycles. The van der Waals surface area contributed by atoms with Gasteiger partial charge in [0.2, 0.25) is 6.79 Å². The minimum Gasteiger partial charge on any atom is -0.493 e. The number of aromatic nitrogens is 1. The molecule has 0 radical (unpaired) electrons. The van der Waals surface area contributed by atoms with Gasteiger partial charge in [0.15, 0.2) is 28.1 Å². The van der Waals surface area contributed by atoms with Crippen molar-refractivity contribution in [3.63, 3.8) is 0 Å². The Morgan fingerprint density at radius 3 is 2.72 bits per heavy atom. The maximum Gasteiger partial charge on any atom is 0.257 e. The summed E-state index contributed by atoms with van der Waals surface area (Å²) in [6.07, 6.45) is 0.938. The van der Waals surface area contributed by atoms with Crippen LogP contribution in [0.1, 0.15) is 27.2 Å². The topological polar surface area (TPSA) is 82.2 Å². The molecule has 0 unspecified atom stereocenters. The number of fused-ring (bicyclic) bond motifs is 2. The van der Waals surface area contributed by atoms with E-state index in [1.54, 1.807) is 32.4 Å². The summed E-state index contributed by atoms with van der Waals surface area (Å²) in [6.45, 7) is 2.63. The molecule has 3 heterocycles. The van der Waals surface area contributed by atoms with Crippen LogP contribution in [0.4, 0.5) is 5.13 Å². The Bertz CT molecular complexity index is 1160. The minimum atomic E-state index is -0.225. The number of nitrogens with zero attached hydrogens (tertiary/aromatic N) is 2. The van der Waals surface area contributed by atoms with Gasteiger partial charge in [-0.3, -0.25) is 15.0 Å². The summed E-state index contributed by atoms with van der Waals surface area (Å²) in [5.74, 6) is 2.52. The van der Waals surface area contributed by atoms with E-state index in [1.807, 2.05) is 5.38 Å². The third kappa shape index (κ3) is 4.09. The molecule has 5 rings (SSSR count). The number of carbonyl (C=O) groups is 1. The molecule has 2 aromatic carbocycles. The second kappa shape index (κ2) is 8.68. The van der Waals surface area contributed by atoms with Crippen molar-refractivity contribution in [1.29, 1.82) is 0 Å². The van der Waals surface area contributed by atoms with Crippen LogP contribution in [0.5, 0.6) is 23.0 Å². The summed E-state index contributed by atoms with van der Waals surface area (Å²) in [5, 5.41) is 5.43. The Morgan fingerprint density at radius 1 is 1.12 bits per heavy atom. The summed E-state index contributed by atoms with van der Waals surface area (Å²) in [7, 11) is 3.31. The van der Waals surface area contributed by atoms with Crippen LogP contribution in [0, 0.1) is 0 Å². The molecular formula is C23H23N3O5S. The van der Waals surface area contributed by atoms with Gasteiger partial charge in [-0.25, -0.2) is 4.98 Å². The molecule has 0 spiro atoms. The first-order chi connectivity index (χ1) is 15.6. The van der Waals surface area contributed by atoms with Crippen molar-refractivity contribution in [2.45, 2.75) is 19.5 Å². The van der Waals surface area contributed by atoms with Crippen molar-refractivity contribution in [2.24, 2.45) is 0 Å². The molecule has 32 heavy (non-hydrogen) atoms. The Hall–Kier alpha value is -3.30. The number of rotatable bonds is 6. The van der Waals surface area contributed by atoms with Crippen molar-refractivity contribution < 1.29 is 23.7 Å². The highest BCUT2D eigenvalue weighted by molar-refractivity contribution is 7.14. The zero-order valence-corrected chi connectivity index (χ0v) is 18.7. The fraction of sp³-hybridized carbons (Fsp3) is 0.304. The van der Waals surface area contributed by atoms with Gasteiger partial charge in [0.1, 0.15) is 0 Å². The van der Waals surface area contributed by atoms with Crippen LogP contribution >= 0.6 is 11.3 Å². The van der Waals surface area contributed by atoms with Gasteiger partial charge in [0, 0.05) is 30.6 Å². The summed E-state index contributed by atoms with van der Waals surface area (Å²) >= 11 is 1.42. The van der Waals surface area contributed by atoms with Crippen molar-refractivity contribution in [3.8, 4) is 23.0 Å². The number of benzene rings is 2. The molecule has 0 saturated heterocycles. The number of anilines is 1. The lowest BCUT2D eigenvalue weighted by atomic mass is 9.98. The molecule has 2 aliphatic heterocycles. The smallest absolute Gasteiger partial charge is 0.257 e. The maximum absolute atomic E-state index is 12.6. The summed E-state index contributed by atoms with van der Waals surface area (Å²) < 4.78 is 21.5. The van der Waals surface area contributed by atoms with E-state index in [1.165, 1.54) is 22.5 Å². The summed E-state index contributed by atoms with van der Waals surface area (Å²) in [6, 6.07) is 9.26. The summed E-state index contributed by atoms with van der Waals surface area (Å²) in [5.41, 5.74) is 3.96. The molecule has 9 heteroatoms. The van der Waals surface area contributed by atoms with Crippen molar-refractivity contribution in [2.75, 3.05) is 32.9 Å². The number of thiazole rings is 1. The standard InChI is InChI=1S/C23H23N3O5S/c1-28-19-7-14-5-6-26(10-16(14)9-20(19)29-2)11-17-12-32-23(24-17)25-22(27)15-3-4-18-21(8-15)31-13-30-18/h3-4,7-9,12H,5-6,10-11,13H2,1-2H3,(H,24,25,27). The van der Waals surface area contributed by atoms with Crippen molar-refractivity contribution in [3.05, 3.63) is 58.1 Å². The van der Waals surface area contributed by atoms with E-state index in [9.17, 15) is 4.79 Å². The zero-order chi connectivity index (χ0) is 22.1. The number of nitrogens with one attached hydrogen (secondary N) is 1. The quantitative estimate of drug-likeness (QED) is 0.609. The molecule has 0 fully saturated rings. The lowest BCUT2D eigenvalue weighted by Gasteiger charge is -2.29. The van der Waals surface area contributed by atoms with Gasteiger partial charge in [-0.1, -0.05) is 0 Å². The fourth-order valence-corrected chi connectivity index (χ4v) is 4.65. The Morgan fingerprint density at radius 2 is 1.91 bits per heavy atom. The Balaban J connectivity index is 1.23. The maximum atomic E-state index is 12.6. The lowest BCUT2D eigenvalue weighted by Crippen LogP contribution is -2.30. The molecule has 0 atom stereocenters. The van der Waals surface area contributed by atoms with Gasteiger partial charge >= 0.3 is 0 Å². The average Bonchev–Trinajstić information content (AvgIpc) is 3.46. The second-order valence-electron chi connectivity index (χ2n) is 7.60. The fourth-order valence-electron chi connectivity index (χ4n) is 3.95. The molecule has 1 aromatic heterocycles. The SMILES string of the molecule is COc1cc2c(cc1OC)CN(Cc1csc(NC(=O)c3ccc4c(c3)OCO4)n1)CC2. The molecule has 166 valence electrons. The summed E-state index contributed by atoms with van der Waals surface area (Å²) in [4.78, 5) is 19.5. The van der Waals surface area contributed by atoms with Gasteiger partial charge in [0.25, 0.3) is 5.91 Å². The molecular weight excluding hydrogens is 430 g/mol. The number of carbonyl (C=O) groups excluding carboxylic acids is 1. The van der Waals surface area contributed by atoms with Crippen LogP contribution in [-0.4, -0.2) is 43.3 Å². The number of hydrogen-bond acceptors (Lipinski definition) is 8. The molecule has 0 bridgehead atoms. The van der Waals surface area contributed by atoms with E-state index in [0.29, 0.717) is 28.7 Å². The first-order valence-corrected chi connectivity index (χ1v) is 11.1. The molecule has 8 nitrogen and oxygen atoms in total. The van der Waals surface area contributed by atoms with Crippen LogP contribution < -0.4 is 24.3 Å². The third-order valence-corrected chi connectivity index (χ3v) is 6.40. The van der Waals surface area contributed by atoms with Crippen molar-refractivity contribution in [1.82, 2.24) is 9.88 Å². The molecule has 0 aliphatic carbocycles. The number of amides is 1. The number of hydrogen-bond donors (Lipinski definition) is 1. The van der Waals surface area contributed by atoms with Crippen LogP contribution in [0.2, 0.25) is 0 Å². The molecule has 2 aliphatic rings. The molecule has 1 N–H and O–H groups in total. The number of methoxy groups -OCH3 is 2. The highest BCUT2D eigenvalue weighted by Crippen LogP contribution is 2.34. The third-order valence-electron chi connectivity index (χ3n) is 5.59.